The molecule has 35 heavy (non-hydrogen) atoms. The summed E-state index contributed by atoms with van der Waals surface area (Å²) in [5, 5.41) is 32.0. The van der Waals surface area contributed by atoms with Gasteiger partial charge in [-0.2, -0.15) is 5.26 Å². The fourth-order valence-corrected chi connectivity index (χ4v) is 4.64. The third-order valence-electron chi connectivity index (χ3n) is 5.09. The Balaban J connectivity index is 0.00000194. The minimum absolute atomic E-state index is 0.0297. The lowest BCUT2D eigenvalue weighted by atomic mass is 9.78. The van der Waals surface area contributed by atoms with E-state index in [1.807, 2.05) is 61.7 Å². The highest BCUT2D eigenvalue weighted by Crippen LogP contribution is 2.40. The molecule has 0 aliphatic rings. The molecule has 0 radical (unpaired) electrons. The summed E-state index contributed by atoms with van der Waals surface area (Å²) in [6, 6.07) is 10.3. The van der Waals surface area contributed by atoms with E-state index in [0.717, 1.165) is 0 Å². The fraction of sp³-hybridized carbons (Fsp3) is 0.407. The number of carboxylic acid groups (broad SMARTS) is 1. The van der Waals surface area contributed by atoms with Crippen molar-refractivity contribution in [3.05, 3.63) is 63.6 Å². The van der Waals surface area contributed by atoms with Crippen LogP contribution in [0.1, 0.15) is 75.0 Å². The molecular weight excluding hydrogens is 464 g/mol. The monoisotopic (exact) mass is 500 g/mol. The van der Waals surface area contributed by atoms with E-state index < -0.39 is 26.6 Å². The Morgan fingerprint density at radius 3 is 1.77 bits per heavy atom. The quantitative estimate of drug-likeness (QED) is 0.511. The number of allylic oxidation sites excluding steroid dienone is 1. The molecule has 0 heterocycles. The van der Waals surface area contributed by atoms with Crippen LogP contribution in [-0.4, -0.2) is 38.7 Å². The Bertz CT molecular complexity index is 1190. The molecule has 0 amide bonds. The summed E-state index contributed by atoms with van der Waals surface area (Å²) in [6.45, 7) is 11.7. The van der Waals surface area contributed by atoms with Gasteiger partial charge in [-0.3, -0.25) is 0 Å². The number of nitrogens with one attached hydrogen (secondary N) is 1. The number of aromatic carboxylic acids is 1. The Morgan fingerprint density at radius 1 is 1.00 bits per heavy atom. The van der Waals surface area contributed by atoms with Crippen molar-refractivity contribution in [1.29, 1.82) is 5.26 Å². The standard InChI is InChI=1S/C25H29NO5S.C2H7N/c1-24(2,3)20-14-16(15-21(22(20)27)25(4,5)6)13-19(11-12-26)32(30,31)18-9-7-17(8-10-18)23(28)29;1-3-2/h7-10,13-15,27H,11H2,1-6H3,(H,28,29);3H,1-2H3. The van der Waals surface area contributed by atoms with E-state index in [9.17, 15) is 23.6 Å². The molecule has 8 heteroatoms. The van der Waals surface area contributed by atoms with E-state index in [2.05, 4.69) is 5.32 Å². The maximum absolute atomic E-state index is 13.2. The van der Waals surface area contributed by atoms with Gasteiger partial charge >= 0.3 is 5.97 Å². The first-order valence-electron chi connectivity index (χ1n) is 11.1. The summed E-state index contributed by atoms with van der Waals surface area (Å²) >= 11 is 0. The minimum atomic E-state index is -4.03. The number of hydrogen-bond acceptors (Lipinski definition) is 6. The van der Waals surface area contributed by atoms with Crippen molar-refractivity contribution < 1.29 is 23.4 Å². The number of phenols is 1. The molecule has 0 atom stereocenters. The predicted molar refractivity (Wildman–Crippen MR) is 139 cm³/mol. The second-order valence-electron chi connectivity index (χ2n) is 10.2. The average molecular weight is 501 g/mol. The molecule has 0 spiro atoms. The largest absolute Gasteiger partial charge is 0.507 e. The van der Waals surface area contributed by atoms with Crippen LogP contribution in [0.3, 0.4) is 0 Å². The maximum atomic E-state index is 13.2. The lowest BCUT2D eigenvalue weighted by Crippen LogP contribution is -2.17. The van der Waals surface area contributed by atoms with Gasteiger partial charge < -0.3 is 15.5 Å². The molecule has 2 rings (SSSR count). The van der Waals surface area contributed by atoms with Crippen LogP contribution in [0.15, 0.2) is 46.2 Å². The minimum Gasteiger partial charge on any atom is -0.507 e. The summed E-state index contributed by atoms with van der Waals surface area (Å²) in [7, 11) is -0.277. The Kier molecular flexibility index (Phi) is 9.83. The van der Waals surface area contributed by atoms with E-state index in [-0.39, 0.29) is 27.5 Å². The van der Waals surface area contributed by atoms with Crippen LogP contribution in [0, 0.1) is 11.3 Å². The molecule has 190 valence electrons. The average Bonchev–Trinajstić information content (AvgIpc) is 2.73. The second-order valence-corrected chi connectivity index (χ2v) is 12.2. The van der Waals surface area contributed by atoms with Crippen molar-refractivity contribution in [2.75, 3.05) is 14.1 Å². The highest BCUT2D eigenvalue weighted by molar-refractivity contribution is 7.95. The third kappa shape index (κ3) is 7.67. The SMILES string of the molecule is CC(C)(C)c1cc(C=C(CC#N)S(=O)(=O)c2ccc(C(=O)O)cc2)cc(C(C)(C)C)c1O.CNC. The van der Waals surface area contributed by atoms with Crippen molar-refractivity contribution in [2.24, 2.45) is 0 Å². The summed E-state index contributed by atoms with van der Waals surface area (Å²) < 4.78 is 26.4. The zero-order valence-electron chi connectivity index (χ0n) is 21.7. The van der Waals surface area contributed by atoms with Gasteiger partial charge in [-0.1, -0.05) is 41.5 Å². The third-order valence-corrected chi connectivity index (χ3v) is 6.93. The lowest BCUT2D eigenvalue weighted by Gasteiger charge is -2.28. The van der Waals surface area contributed by atoms with Gasteiger partial charge in [0.2, 0.25) is 9.84 Å². The van der Waals surface area contributed by atoms with Gasteiger partial charge in [-0.15, -0.1) is 0 Å². The summed E-state index contributed by atoms with van der Waals surface area (Å²) in [5.41, 5.74) is 1.10. The van der Waals surface area contributed by atoms with E-state index in [4.69, 9.17) is 5.11 Å². The van der Waals surface area contributed by atoms with Crippen molar-refractivity contribution >= 4 is 21.9 Å². The number of carboxylic acids is 1. The Morgan fingerprint density at radius 2 is 1.43 bits per heavy atom. The number of phenolic OH excluding ortho intramolecular Hbond substituents is 1. The smallest absolute Gasteiger partial charge is 0.335 e. The normalized spacial score (nSPS) is 12.4. The molecule has 7 nitrogen and oxygen atoms in total. The molecule has 2 aromatic carbocycles. The number of benzene rings is 2. The number of aromatic hydroxyl groups is 1. The van der Waals surface area contributed by atoms with Gasteiger partial charge in [-0.05, 0) is 73.0 Å². The first kappa shape index (κ1) is 29.9. The molecule has 3 N–H and O–H groups in total. The van der Waals surface area contributed by atoms with Gasteiger partial charge in [-0.25, -0.2) is 13.2 Å². The van der Waals surface area contributed by atoms with Gasteiger partial charge in [0, 0.05) is 11.1 Å². The van der Waals surface area contributed by atoms with Crippen LogP contribution in [0.5, 0.6) is 5.75 Å². The van der Waals surface area contributed by atoms with E-state index in [1.165, 1.54) is 30.3 Å². The van der Waals surface area contributed by atoms with Crippen LogP contribution in [0.25, 0.3) is 6.08 Å². The predicted octanol–water partition coefficient (Wildman–Crippen LogP) is 5.25. The van der Waals surface area contributed by atoms with E-state index >= 15 is 0 Å². The van der Waals surface area contributed by atoms with Crippen molar-refractivity contribution in [3.8, 4) is 11.8 Å². The van der Waals surface area contributed by atoms with Crippen molar-refractivity contribution in [1.82, 2.24) is 5.32 Å². The lowest BCUT2D eigenvalue weighted by molar-refractivity contribution is 0.0696. The molecule has 0 bridgehead atoms. The number of carbonyl (C=O) groups is 1. The van der Waals surface area contributed by atoms with Crippen LogP contribution < -0.4 is 5.32 Å². The maximum Gasteiger partial charge on any atom is 0.335 e. The molecule has 0 fully saturated rings. The molecule has 0 aliphatic heterocycles. The Hall–Kier alpha value is -3.15. The number of nitriles is 1. The topological polar surface area (TPSA) is 127 Å². The van der Waals surface area contributed by atoms with Gasteiger partial charge in [0.25, 0.3) is 0 Å². The fourth-order valence-electron chi connectivity index (χ4n) is 3.30. The second kappa shape index (κ2) is 11.5. The molecule has 0 saturated heterocycles. The zero-order valence-corrected chi connectivity index (χ0v) is 22.5. The first-order chi connectivity index (χ1) is 16.0. The number of nitrogens with zero attached hydrogens (tertiary/aromatic N) is 1. The van der Waals surface area contributed by atoms with Crippen LogP contribution in [-0.2, 0) is 20.7 Å². The summed E-state index contributed by atoms with van der Waals surface area (Å²) in [6.07, 6.45) is 1.10. The number of hydrogen-bond donors (Lipinski definition) is 3. The number of rotatable bonds is 5. The van der Waals surface area contributed by atoms with Crippen LogP contribution in [0.4, 0.5) is 0 Å². The van der Waals surface area contributed by atoms with Gasteiger partial charge in [0.05, 0.1) is 27.9 Å². The van der Waals surface area contributed by atoms with Crippen LogP contribution in [0.2, 0.25) is 0 Å². The zero-order chi connectivity index (χ0) is 27.2. The molecule has 0 unspecified atom stereocenters. The van der Waals surface area contributed by atoms with Crippen molar-refractivity contribution in [3.63, 3.8) is 0 Å². The summed E-state index contributed by atoms with van der Waals surface area (Å²) in [4.78, 5) is 10.9. The number of sulfone groups is 1. The van der Waals surface area contributed by atoms with E-state index in [1.54, 1.807) is 12.1 Å². The Labute approximate surface area is 209 Å². The first-order valence-corrected chi connectivity index (χ1v) is 12.6. The molecule has 2 aromatic rings. The van der Waals surface area contributed by atoms with Crippen molar-refractivity contribution in [2.45, 2.75) is 63.7 Å². The van der Waals surface area contributed by atoms with Crippen LogP contribution >= 0.6 is 0 Å². The molecule has 0 saturated carbocycles. The van der Waals surface area contributed by atoms with Gasteiger partial charge in [0.1, 0.15) is 5.75 Å². The molecule has 0 aliphatic carbocycles. The summed E-state index contributed by atoms with van der Waals surface area (Å²) in [5.74, 6) is -0.980. The van der Waals surface area contributed by atoms with Gasteiger partial charge in [0.15, 0.2) is 0 Å². The molecule has 0 aromatic heterocycles. The highest BCUT2D eigenvalue weighted by atomic mass is 32.2. The highest BCUT2D eigenvalue weighted by Gasteiger charge is 2.27. The van der Waals surface area contributed by atoms with E-state index in [0.29, 0.717) is 16.7 Å². The molecular formula is C27H36N2O5S.